The van der Waals surface area contributed by atoms with Crippen LogP contribution in [0.15, 0.2) is 42.5 Å². The van der Waals surface area contributed by atoms with Gasteiger partial charge in [-0.1, -0.05) is 42.5 Å². The van der Waals surface area contributed by atoms with Gasteiger partial charge >= 0.3 is 0 Å². The zero-order valence-electron chi connectivity index (χ0n) is 13.0. The summed E-state index contributed by atoms with van der Waals surface area (Å²) in [5.41, 5.74) is 7.35. The van der Waals surface area contributed by atoms with Gasteiger partial charge in [-0.15, -0.1) is 0 Å². The van der Waals surface area contributed by atoms with Crippen molar-refractivity contribution in [1.29, 1.82) is 0 Å². The van der Waals surface area contributed by atoms with Gasteiger partial charge in [0.05, 0.1) is 6.04 Å². The van der Waals surface area contributed by atoms with E-state index < -0.39 is 0 Å². The summed E-state index contributed by atoms with van der Waals surface area (Å²) in [5, 5.41) is 5.41. The highest BCUT2D eigenvalue weighted by molar-refractivity contribution is 5.86. The molecule has 0 unspecified atom stereocenters. The van der Waals surface area contributed by atoms with E-state index in [2.05, 4.69) is 52.7 Å². The fourth-order valence-corrected chi connectivity index (χ4v) is 3.33. The lowest BCUT2D eigenvalue weighted by Gasteiger charge is -2.24. The fourth-order valence-electron chi connectivity index (χ4n) is 3.33. The van der Waals surface area contributed by atoms with Crippen molar-refractivity contribution in [3.05, 3.63) is 48.0 Å². The molecule has 2 aromatic carbocycles. The van der Waals surface area contributed by atoms with Gasteiger partial charge in [-0.25, -0.2) is 0 Å². The molecule has 1 fully saturated rings. The fraction of sp³-hybridized carbons (Fsp3) is 0.389. The van der Waals surface area contributed by atoms with Crippen LogP contribution in [0.1, 0.15) is 18.9 Å². The van der Waals surface area contributed by atoms with Crippen molar-refractivity contribution in [3.8, 4) is 0 Å². The van der Waals surface area contributed by atoms with Crippen LogP contribution in [0.2, 0.25) is 0 Å². The minimum atomic E-state index is -0.117. The Bertz CT molecular complexity index is 665. The monoisotopic (exact) mass is 297 g/mol. The lowest BCUT2D eigenvalue weighted by molar-refractivity contribution is -0.125. The quantitative estimate of drug-likeness (QED) is 0.906. The van der Waals surface area contributed by atoms with E-state index in [1.807, 2.05) is 6.92 Å². The Balaban J connectivity index is 1.85. The summed E-state index contributed by atoms with van der Waals surface area (Å²) in [6.07, 6.45) is 0.733. The van der Waals surface area contributed by atoms with Crippen LogP contribution in [-0.2, 0) is 11.3 Å². The number of hydrogen-bond acceptors (Lipinski definition) is 3. The third-order valence-corrected chi connectivity index (χ3v) is 4.34. The number of likely N-dealkylation sites (N-methyl/N-ethyl adjacent to an activating group) is 1. The van der Waals surface area contributed by atoms with Gasteiger partial charge in [0.1, 0.15) is 0 Å². The Kier molecular flexibility index (Phi) is 4.41. The van der Waals surface area contributed by atoms with Crippen molar-refractivity contribution < 1.29 is 4.79 Å². The number of likely N-dealkylation sites (tertiary alicyclic amines) is 1. The van der Waals surface area contributed by atoms with E-state index in [1.165, 1.54) is 16.3 Å². The van der Waals surface area contributed by atoms with E-state index in [1.54, 1.807) is 0 Å². The first-order valence-corrected chi connectivity index (χ1v) is 7.93. The van der Waals surface area contributed by atoms with Crippen molar-refractivity contribution in [2.24, 2.45) is 5.73 Å². The summed E-state index contributed by atoms with van der Waals surface area (Å²) in [7, 11) is 0. The van der Waals surface area contributed by atoms with E-state index in [0.717, 1.165) is 19.5 Å². The third kappa shape index (κ3) is 2.98. The molecule has 3 N–H and O–H groups in total. The largest absolute Gasteiger partial charge is 0.355 e. The Morgan fingerprint density at radius 2 is 2.05 bits per heavy atom. The number of carbonyl (C=O) groups excluding carboxylic acids is 1. The molecule has 1 amide bonds. The Morgan fingerprint density at radius 1 is 1.27 bits per heavy atom. The second-order valence-electron chi connectivity index (χ2n) is 5.97. The SMILES string of the molecule is CCNC(=O)[C@@H]1C[C@H](N)CN1Cc1cccc2ccccc12. The first-order chi connectivity index (χ1) is 10.7. The van der Waals surface area contributed by atoms with Gasteiger partial charge in [0.2, 0.25) is 5.91 Å². The maximum Gasteiger partial charge on any atom is 0.237 e. The van der Waals surface area contributed by atoms with E-state index >= 15 is 0 Å². The number of nitrogens with two attached hydrogens (primary N) is 1. The normalized spacial score (nSPS) is 22.1. The molecule has 0 aliphatic carbocycles. The highest BCUT2D eigenvalue weighted by Gasteiger charge is 2.34. The van der Waals surface area contributed by atoms with Crippen molar-refractivity contribution in [2.45, 2.75) is 32.0 Å². The Labute approximate surface area is 131 Å². The van der Waals surface area contributed by atoms with E-state index in [4.69, 9.17) is 5.73 Å². The molecule has 0 bridgehead atoms. The molecule has 1 saturated heterocycles. The van der Waals surface area contributed by atoms with Crippen molar-refractivity contribution in [3.63, 3.8) is 0 Å². The van der Waals surface area contributed by atoms with Crippen molar-refractivity contribution >= 4 is 16.7 Å². The molecule has 4 nitrogen and oxygen atoms in total. The third-order valence-electron chi connectivity index (χ3n) is 4.34. The topological polar surface area (TPSA) is 58.4 Å². The van der Waals surface area contributed by atoms with Crippen LogP contribution in [0.4, 0.5) is 0 Å². The minimum Gasteiger partial charge on any atom is -0.355 e. The summed E-state index contributed by atoms with van der Waals surface area (Å²) in [6, 6.07) is 14.7. The predicted molar refractivity (Wildman–Crippen MR) is 89.4 cm³/mol. The number of hydrogen-bond donors (Lipinski definition) is 2. The van der Waals surface area contributed by atoms with Crippen LogP contribution in [0, 0.1) is 0 Å². The van der Waals surface area contributed by atoms with Gasteiger partial charge in [0.25, 0.3) is 0 Å². The molecule has 1 heterocycles. The summed E-state index contributed by atoms with van der Waals surface area (Å²) >= 11 is 0. The second kappa shape index (κ2) is 6.46. The number of fused-ring (bicyclic) bond motifs is 1. The molecule has 0 aromatic heterocycles. The molecule has 2 aromatic rings. The number of carbonyl (C=O) groups is 1. The van der Waals surface area contributed by atoms with Crippen LogP contribution < -0.4 is 11.1 Å². The van der Waals surface area contributed by atoms with Gasteiger partial charge in [0.15, 0.2) is 0 Å². The van der Waals surface area contributed by atoms with Gasteiger partial charge in [-0.3, -0.25) is 9.69 Å². The summed E-state index contributed by atoms with van der Waals surface area (Å²) in [6.45, 7) is 4.14. The number of nitrogens with zero attached hydrogens (tertiary/aromatic N) is 1. The lowest BCUT2D eigenvalue weighted by Crippen LogP contribution is -2.42. The highest BCUT2D eigenvalue weighted by Crippen LogP contribution is 2.24. The Morgan fingerprint density at radius 3 is 2.86 bits per heavy atom. The maximum absolute atomic E-state index is 12.2. The van der Waals surface area contributed by atoms with Crippen molar-refractivity contribution in [1.82, 2.24) is 10.2 Å². The predicted octanol–water partition coefficient (Wildman–Crippen LogP) is 1.88. The van der Waals surface area contributed by atoms with Crippen LogP contribution in [0.25, 0.3) is 10.8 Å². The smallest absolute Gasteiger partial charge is 0.237 e. The van der Waals surface area contributed by atoms with Crippen LogP contribution in [-0.4, -0.2) is 36.0 Å². The summed E-state index contributed by atoms with van der Waals surface area (Å²) < 4.78 is 0. The Hall–Kier alpha value is -1.91. The van der Waals surface area contributed by atoms with E-state index in [-0.39, 0.29) is 18.0 Å². The molecule has 22 heavy (non-hydrogen) atoms. The van der Waals surface area contributed by atoms with E-state index in [0.29, 0.717) is 6.54 Å². The molecular formula is C18H23N3O. The van der Waals surface area contributed by atoms with Crippen LogP contribution in [0.3, 0.4) is 0 Å². The molecule has 4 heteroatoms. The zero-order chi connectivity index (χ0) is 15.5. The number of rotatable bonds is 4. The summed E-state index contributed by atoms with van der Waals surface area (Å²) in [4.78, 5) is 14.5. The molecule has 0 radical (unpaired) electrons. The molecule has 1 aliphatic rings. The first-order valence-electron chi connectivity index (χ1n) is 7.93. The van der Waals surface area contributed by atoms with Gasteiger partial charge in [-0.2, -0.15) is 0 Å². The number of nitrogens with one attached hydrogen (secondary N) is 1. The average molecular weight is 297 g/mol. The summed E-state index contributed by atoms with van der Waals surface area (Å²) in [5.74, 6) is 0.0932. The molecular weight excluding hydrogens is 274 g/mol. The lowest BCUT2D eigenvalue weighted by atomic mass is 10.0. The van der Waals surface area contributed by atoms with Gasteiger partial charge in [-0.05, 0) is 29.7 Å². The standard InChI is InChI=1S/C18H23N3O/c1-2-20-18(22)17-10-15(19)12-21(17)11-14-8-5-7-13-6-3-4-9-16(13)14/h3-9,15,17H,2,10-12,19H2,1H3,(H,20,22)/t15-,17-/m0/s1. The highest BCUT2D eigenvalue weighted by atomic mass is 16.2. The minimum absolute atomic E-state index is 0.0718. The molecule has 0 spiro atoms. The second-order valence-corrected chi connectivity index (χ2v) is 5.97. The molecule has 3 rings (SSSR count). The van der Waals surface area contributed by atoms with Gasteiger partial charge < -0.3 is 11.1 Å². The van der Waals surface area contributed by atoms with Crippen molar-refractivity contribution in [2.75, 3.05) is 13.1 Å². The van der Waals surface area contributed by atoms with Gasteiger partial charge in [0, 0.05) is 25.7 Å². The van der Waals surface area contributed by atoms with Crippen LogP contribution in [0.5, 0.6) is 0 Å². The molecule has 1 aliphatic heterocycles. The first kappa shape index (κ1) is 15.0. The maximum atomic E-state index is 12.2. The molecule has 116 valence electrons. The zero-order valence-corrected chi connectivity index (χ0v) is 13.0. The van der Waals surface area contributed by atoms with Crippen LogP contribution >= 0.6 is 0 Å². The molecule has 0 saturated carbocycles. The average Bonchev–Trinajstić information content (AvgIpc) is 2.89. The number of amides is 1. The van der Waals surface area contributed by atoms with E-state index in [9.17, 15) is 4.79 Å². The molecule has 2 atom stereocenters. The number of benzene rings is 2.